The van der Waals surface area contributed by atoms with E-state index in [-0.39, 0.29) is 31.8 Å². The van der Waals surface area contributed by atoms with Crippen LogP contribution in [0.2, 0.25) is 0 Å². The lowest BCUT2D eigenvalue weighted by Gasteiger charge is -2.60. The summed E-state index contributed by atoms with van der Waals surface area (Å²) < 4.78 is 41.5. The molecule has 1 N–H and O–H groups in total. The second-order valence-corrected chi connectivity index (χ2v) is 14.7. The molecule has 2 aliphatic carbocycles. The number of rotatable bonds is 9. The van der Waals surface area contributed by atoms with Gasteiger partial charge in [-0.3, -0.25) is 19.2 Å². The molecule has 262 valence electrons. The third kappa shape index (κ3) is 4.74. The summed E-state index contributed by atoms with van der Waals surface area (Å²) in [4.78, 5) is 65.2. The highest BCUT2D eigenvalue weighted by Gasteiger charge is 2.85. The van der Waals surface area contributed by atoms with Crippen molar-refractivity contribution in [2.75, 3.05) is 6.61 Å². The molecule has 4 heterocycles. The van der Waals surface area contributed by atoms with Gasteiger partial charge in [0, 0.05) is 30.1 Å². The number of carbonyl (C=O) groups is 5. The Morgan fingerprint density at radius 3 is 2.52 bits per heavy atom. The van der Waals surface area contributed by atoms with Crippen LogP contribution < -0.4 is 0 Å². The molecule has 2 saturated carbocycles. The summed E-state index contributed by atoms with van der Waals surface area (Å²) >= 11 is 0. The van der Waals surface area contributed by atoms with Gasteiger partial charge in [-0.1, -0.05) is 40.7 Å². The number of ether oxygens (including phenoxy) is 6. The Hall–Kier alpha value is -3.71. The van der Waals surface area contributed by atoms with Gasteiger partial charge in [0.05, 0.1) is 36.9 Å². The molecule has 13 atom stereocenters. The van der Waals surface area contributed by atoms with E-state index in [9.17, 15) is 29.1 Å². The van der Waals surface area contributed by atoms with Crippen molar-refractivity contribution in [2.45, 2.75) is 115 Å². The van der Waals surface area contributed by atoms with Gasteiger partial charge in [-0.2, -0.15) is 0 Å². The first-order valence-electron chi connectivity index (χ1n) is 16.5. The third-order valence-corrected chi connectivity index (χ3v) is 12.3. The first-order chi connectivity index (χ1) is 22.6. The van der Waals surface area contributed by atoms with Crippen LogP contribution in [0.5, 0.6) is 0 Å². The second kappa shape index (κ2) is 11.7. The number of aliphatic hydroxyl groups excluding tert-OH is 1. The number of hydrogen-bond acceptors (Lipinski definition) is 13. The molecule has 0 aromatic carbocycles. The predicted octanol–water partition coefficient (Wildman–Crippen LogP) is 3.16. The lowest BCUT2D eigenvalue weighted by atomic mass is 9.47. The van der Waals surface area contributed by atoms with Crippen LogP contribution in [0.3, 0.4) is 0 Å². The van der Waals surface area contributed by atoms with Crippen molar-refractivity contribution in [3.05, 3.63) is 36.3 Å². The number of fused-ring (bicyclic) bond motifs is 1. The average molecular weight is 673 g/mol. The van der Waals surface area contributed by atoms with Crippen LogP contribution in [-0.2, 0) is 52.4 Å². The van der Waals surface area contributed by atoms with Crippen molar-refractivity contribution in [2.24, 2.45) is 28.6 Å². The number of furan rings is 1. The fourth-order valence-corrected chi connectivity index (χ4v) is 9.75. The highest BCUT2D eigenvalue weighted by Crippen LogP contribution is 2.76. The zero-order chi connectivity index (χ0) is 35.0. The average Bonchev–Trinajstić information content (AvgIpc) is 3.40. The fourth-order valence-electron chi connectivity index (χ4n) is 9.75. The lowest BCUT2D eigenvalue weighted by Crippen LogP contribution is -2.69. The van der Waals surface area contributed by atoms with Gasteiger partial charge >= 0.3 is 23.9 Å². The minimum atomic E-state index is -1.48. The summed E-state index contributed by atoms with van der Waals surface area (Å²) in [5.74, 6) is -5.44. The number of esters is 4. The SMILES string of the molecule is C=C1[C@H]([C@@]2(C)[C@H]3CC(=O)OC[C@@]3(C)OC(=O)C[C@H]2OC(C)=O)[C@@H](OC=O)[C@@H](OC(=O)[C@H](O)[C@@H](C)CC)[C@]2(C)[C@@H](c3ccoc3)C[C@H]3O[C@]132. The number of epoxide rings is 1. The quantitative estimate of drug-likeness (QED) is 0.133. The monoisotopic (exact) mass is 672 g/mol. The van der Waals surface area contributed by atoms with Gasteiger partial charge in [0.2, 0.25) is 0 Å². The number of hydrogen-bond donors (Lipinski definition) is 1. The van der Waals surface area contributed by atoms with Gasteiger partial charge in [0.15, 0.2) is 6.10 Å². The Morgan fingerprint density at radius 2 is 1.90 bits per heavy atom. The van der Waals surface area contributed by atoms with Crippen molar-refractivity contribution < 1.29 is 61.9 Å². The molecule has 13 heteroatoms. The normalized spacial score (nSPS) is 42.8. The molecule has 6 rings (SSSR count). The maximum Gasteiger partial charge on any atom is 0.335 e. The molecule has 5 aliphatic rings. The van der Waals surface area contributed by atoms with Crippen LogP contribution in [0.4, 0.5) is 0 Å². The number of carbonyl (C=O) groups excluding carboxylic acids is 5. The zero-order valence-electron chi connectivity index (χ0n) is 28.1. The van der Waals surface area contributed by atoms with Crippen molar-refractivity contribution >= 4 is 30.3 Å². The van der Waals surface area contributed by atoms with Gasteiger partial charge in [-0.15, -0.1) is 0 Å². The maximum absolute atomic E-state index is 13.8. The Morgan fingerprint density at radius 1 is 1.17 bits per heavy atom. The maximum atomic E-state index is 13.8. The summed E-state index contributed by atoms with van der Waals surface area (Å²) in [6.45, 7) is 14.6. The molecule has 0 unspecified atom stereocenters. The summed E-state index contributed by atoms with van der Waals surface area (Å²) in [7, 11) is 0. The van der Waals surface area contributed by atoms with Gasteiger partial charge in [0.1, 0.15) is 36.1 Å². The molecular formula is C35H44O13. The first-order valence-corrected chi connectivity index (χ1v) is 16.5. The third-order valence-electron chi connectivity index (χ3n) is 12.3. The van der Waals surface area contributed by atoms with Crippen LogP contribution in [0.15, 0.2) is 35.2 Å². The fraction of sp³-hybridized carbons (Fsp3) is 0.686. The highest BCUT2D eigenvalue weighted by molar-refractivity contribution is 5.76. The van der Waals surface area contributed by atoms with E-state index >= 15 is 0 Å². The number of aliphatic hydroxyl groups is 1. The van der Waals surface area contributed by atoms with Gasteiger partial charge < -0.3 is 37.9 Å². The van der Waals surface area contributed by atoms with E-state index in [0.29, 0.717) is 18.4 Å². The van der Waals surface area contributed by atoms with E-state index in [1.165, 1.54) is 6.92 Å². The summed E-state index contributed by atoms with van der Waals surface area (Å²) in [6.07, 6.45) is -2.08. The van der Waals surface area contributed by atoms with Crippen LogP contribution in [0, 0.1) is 28.6 Å². The molecule has 0 bridgehead atoms. The summed E-state index contributed by atoms with van der Waals surface area (Å²) in [6, 6.07) is 1.82. The lowest BCUT2D eigenvalue weighted by molar-refractivity contribution is -0.231. The van der Waals surface area contributed by atoms with Crippen molar-refractivity contribution in [1.82, 2.24) is 0 Å². The zero-order valence-corrected chi connectivity index (χ0v) is 28.1. The molecule has 1 spiro atoms. The van der Waals surface area contributed by atoms with E-state index < -0.39 is 94.2 Å². The molecule has 0 amide bonds. The van der Waals surface area contributed by atoms with Crippen LogP contribution in [-0.4, -0.2) is 83.8 Å². The van der Waals surface area contributed by atoms with Gasteiger partial charge in [-0.05, 0) is 36.5 Å². The van der Waals surface area contributed by atoms with Crippen molar-refractivity contribution in [1.29, 1.82) is 0 Å². The van der Waals surface area contributed by atoms with E-state index in [4.69, 9.17) is 32.8 Å². The van der Waals surface area contributed by atoms with E-state index in [2.05, 4.69) is 6.58 Å². The molecular weight excluding hydrogens is 628 g/mol. The van der Waals surface area contributed by atoms with Crippen LogP contribution in [0.25, 0.3) is 0 Å². The largest absolute Gasteiger partial charge is 0.472 e. The van der Waals surface area contributed by atoms with E-state index in [1.807, 2.05) is 19.9 Å². The predicted molar refractivity (Wildman–Crippen MR) is 163 cm³/mol. The Bertz CT molecular complexity index is 1500. The summed E-state index contributed by atoms with van der Waals surface area (Å²) in [5.41, 5.74) is -3.72. The van der Waals surface area contributed by atoms with E-state index in [0.717, 1.165) is 5.56 Å². The summed E-state index contributed by atoms with van der Waals surface area (Å²) in [5, 5.41) is 11.0. The molecule has 13 nitrogen and oxygen atoms in total. The molecule has 1 aromatic heterocycles. The highest BCUT2D eigenvalue weighted by atomic mass is 16.6. The molecule has 3 aliphatic heterocycles. The Kier molecular flexibility index (Phi) is 8.34. The Labute approximate surface area is 278 Å². The van der Waals surface area contributed by atoms with Crippen LogP contribution in [0.1, 0.15) is 78.7 Å². The molecule has 48 heavy (non-hydrogen) atoms. The molecule has 0 radical (unpaired) electrons. The second-order valence-electron chi connectivity index (χ2n) is 14.7. The first kappa shape index (κ1) is 34.2. The van der Waals surface area contributed by atoms with E-state index in [1.54, 1.807) is 33.3 Å². The van der Waals surface area contributed by atoms with Crippen LogP contribution >= 0.6 is 0 Å². The smallest absolute Gasteiger partial charge is 0.335 e. The molecule has 1 aromatic rings. The minimum Gasteiger partial charge on any atom is -0.472 e. The number of cyclic esters (lactones) is 1. The van der Waals surface area contributed by atoms with Gasteiger partial charge in [-0.25, -0.2) is 4.79 Å². The molecule has 5 fully saturated rings. The van der Waals surface area contributed by atoms with Crippen molar-refractivity contribution in [3.8, 4) is 0 Å². The molecule has 3 saturated heterocycles. The topological polar surface area (TPSA) is 177 Å². The van der Waals surface area contributed by atoms with Gasteiger partial charge in [0.25, 0.3) is 6.47 Å². The standard InChI is InChI=1S/C35H44O13/c1-8-17(2)28(40)31(41)46-30-29(44-16-36)27(18(3)35-24(47-35)11-21(34(30,35)7)20-9-10-42-14-20)33(6)22-12-25(38)43-15-32(22,5)48-26(39)13-23(33)45-19(4)37/h9-10,14,16-17,21-24,27-30,40H,3,8,11-13,15H2,1-2,4-7H3/t17-,21+,22-,23+,24+,27-,28+,29+,30+,32+,33-,34-,35+/m0/s1. The Balaban J connectivity index is 1.58. The van der Waals surface area contributed by atoms with Crippen molar-refractivity contribution in [3.63, 3.8) is 0 Å². The minimum absolute atomic E-state index is 0.223.